The first-order valence-electron chi connectivity index (χ1n) is 7.36. The van der Waals surface area contributed by atoms with Crippen LogP contribution in [0.25, 0.3) is 6.08 Å². The molecule has 0 unspecified atom stereocenters. The van der Waals surface area contributed by atoms with E-state index >= 15 is 0 Å². The Kier molecular flexibility index (Phi) is 5.38. The summed E-state index contributed by atoms with van der Waals surface area (Å²) >= 11 is 8.91. The Hall–Kier alpha value is -1.63. The minimum absolute atomic E-state index is 0.0178. The van der Waals surface area contributed by atoms with Gasteiger partial charge in [0.05, 0.1) is 10.7 Å². The Bertz CT molecular complexity index is 818. The summed E-state index contributed by atoms with van der Waals surface area (Å²) in [5.41, 5.74) is 0.889. The van der Waals surface area contributed by atoms with Gasteiger partial charge in [0.15, 0.2) is 5.17 Å². The Labute approximate surface area is 152 Å². The molecule has 3 nitrogen and oxygen atoms in total. The number of benzene rings is 1. The SMILES string of the molecule is CCCSC1=NC(=Cc2cccs2)C(=O)N1c1ccc(F)c(Cl)c1. The molecule has 0 saturated heterocycles. The molecule has 0 atom stereocenters. The average molecular weight is 381 g/mol. The number of amides is 1. The highest BCUT2D eigenvalue weighted by Crippen LogP contribution is 2.32. The van der Waals surface area contributed by atoms with Gasteiger partial charge in [0.2, 0.25) is 0 Å². The number of anilines is 1. The standard InChI is InChI=1S/C17H14ClFN2OS2/c1-2-7-24-17-20-15(10-12-4-3-8-23-12)16(22)21(17)11-5-6-14(19)13(18)9-11/h3-6,8-10H,2,7H2,1H3. The van der Waals surface area contributed by atoms with Crippen molar-refractivity contribution in [3.8, 4) is 0 Å². The molecule has 0 spiro atoms. The number of rotatable bonds is 4. The minimum Gasteiger partial charge on any atom is -0.266 e. The molecule has 0 aliphatic carbocycles. The number of aliphatic imine (C=N–C) groups is 1. The molecule has 2 heterocycles. The maximum Gasteiger partial charge on any atom is 0.283 e. The number of halogens is 2. The van der Waals surface area contributed by atoms with E-state index in [0.29, 0.717) is 16.6 Å². The number of nitrogens with zero attached hydrogens (tertiary/aromatic N) is 2. The van der Waals surface area contributed by atoms with Crippen LogP contribution in [0, 0.1) is 5.82 Å². The summed E-state index contributed by atoms with van der Waals surface area (Å²) in [4.78, 5) is 19.7. The van der Waals surface area contributed by atoms with E-state index in [9.17, 15) is 9.18 Å². The summed E-state index contributed by atoms with van der Waals surface area (Å²) < 4.78 is 13.4. The van der Waals surface area contributed by atoms with Crippen LogP contribution in [-0.4, -0.2) is 16.8 Å². The van der Waals surface area contributed by atoms with Gasteiger partial charge in [-0.25, -0.2) is 9.38 Å². The van der Waals surface area contributed by atoms with E-state index in [4.69, 9.17) is 11.6 Å². The third-order valence-corrected chi connectivity index (χ3v) is 5.50. The van der Waals surface area contributed by atoms with Gasteiger partial charge >= 0.3 is 0 Å². The topological polar surface area (TPSA) is 32.7 Å². The fraction of sp³-hybridized carbons (Fsp3) is 0.176. The van der Waals surface area contributed by atoms with Crippen LogP contribution >= 0.6 is 34.7 Å². The second-order valence-electron chi connectivity index (χ2n) is 5.03. The van der Waals surface area contributed by atoms with Crippen molar-refractivity contribution in [2.24, 2.45) is 4.99 Å². The zero-order chi connectivity index (χ0) is 17.1. The number of carbonyl (C=O) groups is 1. The molecule has 0 N–H and O–H groups in total. The first-order chi connectivity index (χ1) is 11.6. The van der Waals surface area contributed by atoms with Crippen molar-refractivity contribution in [3.05, 3.63) is 57.1 Å². The summed E-state index contributed by atoms with van der Waals surface area (Å²) in [6, 6.07) is 8.09. The average Bonchev–Trinajstić information content (AvgIpc) is 3.17. The molecule has 0 saturated carbocycles. The number of hydrogen-bond acceptors (Lipinski definition) is 4. The fourth-order valence-corrected chi connectivity index (χ4v) is 3.84. The highest BCUT2D eigenvalue weighted by atomic mass is 35.5. The molecule has 0 bridgehead atoms. The van der Waals surface area contributed by atoms with Gasteiger partial charge in [-0.1, -0.05) is 36.4 Å². The van der Waals surface area contributed by atoms with Crippen molar-refractivity contribution in [3.63, 3.8) is 0 Å². The van der Waals surface area contributed by atoms with E-state index in [1.807, 2.05) is 17.5 Å². The molecule has 3 rings (SSSR count). The molecule has 1 amide bonds. The number of carbonyl (C=O) groups excluding carboxylic acids is 1. The molecule has 1 aliphatic rings. The van der Waals surface area contributed by atoms with Crippen molar-refractivity contribution < 1.29 is 9.18 Å². The quantitative estimate of drug-likeness (QED) is 0.663. The largest absolute Gasteiger partial charge is 0.283 e. The zero-order valence-electron chi connectivity index (χ0n) is 12.8. The van der Waals surface area contributed by atoms with E-state index < -0.39 is 5.82 Å². The monoisotopic (exact) mass is 380 g/mol. The lowest BCUT2D eigenvalue weighted by atomic mass is 10.2. The molecule has 2 aromatic rings. The minimum atomic E-state index is -0.513. The predicted octanol–water partition coefficient (Wildman–Crippen LogP) is 5.43. The molecule has 24 heavy (non-hydrogen) atoms. The number of amidine groups is 1. The highest BCUT2D eigenvalue weighted by Gasteiger charge is 2.32. The van der Waals surface area contributed by atoms with Crippen molar-refractivity contribution in [2.45, 2.75) is 13.3 Å². The highest BCUT2D eigenvalue weighted by molar-refractivity contribution is 8.14. The van der Waals surface area contributed by atoms with Gasteiger partial charge < -0.3 is 0 Å². The van der Waals surface area contributed by atoms with Crippen LogP contribution in [0.2, 0.25) is 5.02 Å². The van der Waals surface area contributed by atoms with Gasteiger partial charge in [0, 0.05) is 10.6 Å². The molecule has 1 aliphatic heterocycles. The second-order valence-corrected chi connectivity index (χ2v) is 7.48. The lowest BCUT2D eigenvalue weighted by Gasteiger charge is -2.18. The third kappa shape index (κ3) is 3.55. The van der Waals surface area contributed by atoms with Crippen LogP contribution in [0.4, 0.5) is 10.1 Å². The van der Waals surface area contributed by atoms with Crippen LogP contribution in [0.5, 0.6) is 0 Å². The molecule has 124 valence electrons. The lowest BCUT2D eigenvalue weighted by molar-refractivity contribution is -0.113. The summed E-state index contributed by atoms with van der Waals surface area (Å²) in [6.45, 7) is 2.06. The van der Waals surface area contributed by atoms with Gasteiger partial charge in [-0.3, -0.25) is 9.69 Å². The Morgan fingerprint density at radius 1 is 1.42 bits per heavy atom. The molecule has 0 fully saturated rings. The maximum atomic E-state index is 13.4. The van der Waals surface area contributed by atoms with Gasteiger partial charge in [-0.05, 0) is 42.1 Å². The van der Waals surface area contributed by atoms with Crippen LogP contribution in [0.15, 0.2) is 46.4 Å². The molecular formula is C17H14ClFN2OS2. The van der Waals surface area contributed by atoms with Crippen molar-refractivity contribution in [1.82, 2.24) is 0 Å². The Morgan fingerprint density at radius 2 is 2.25 bits per heavy atom. The van der Waals surface area contributed by atoms with E-state index in [2.05, 4.69) is 11.9 Å². The van der Waals surface area contributed by atoms with Gasteiger partial charge in [0.25, 0.3) is 5.91 Å². The number of thioether (sulfide) groups is 1. The fourth-order valence-electron chi connectivity index (χ4n) is 2.15. The van der Waals surface area contributed by atoms with Crippen LogP contribution < -0.4 is 4.90 Å². The molecular weight excluding hydrogens is 367 g/mol. The van der Waals surface area contributed by atoms with Crippen LogP contribution in [0.1, 0.15) is 18.2 Å². The second kappa shape index (κ2) is 7.51. The lowest BCUT2D eigenvalue weighted by Crippen LogP contribution is -2.30. The Balaban J connectivity index is 1.98. The van der Waals surface area contributed by atoms with Gasteiger partial charge in [0.1, 0.15) is 11.5 Å². The van der Waals surface area contributed by atoms with E-state index in [1.165, 1.54) is 46.2 Å². The van der Waals surface area contributed by atoms with E-state index in [-0.39, 0.29) is 10.9 Å². The summed E-state index contributed by atoms with van der Waals surface area (Å²) in [5.74, 6) is 0.0925. The smallest absolute Gasteiger partial charge is 0.266 e. The first-order valence-corrected chi connectivity index (χ1v) is 9.60. The molecule has 1 aromatic carbocycles. The molecule has 0 radical (unpaired) electrons. The maximum absolute atomic E-state index is 13.4. The van der Waals surface area contributed by atoms with E-state index in [1.54, 1.807) is 6.08 Å². The third-order valence-electron chi connectivity index (χ3n) is 3.25. The summed E-state index contributed by atoms with van der Waals surface area (Å²) in [7, 11) is 0. The summed E-state index contributed by atoms with van der Waals surface area (Å²) in [6.07, 6.45) is 2.73. The zero-order valence-corrected chi connectivity index (χ0v) is 15.2. The number of hydrogen-bond donors (Lipinski definition) is 0. The Morgan fingerprint density at radius 3 is 2.92 bits per heavy atom. The normalized spacial score (nSPS) is 16.1. The number of thiophene rings is 1. The first kappa shape index (κ1) is 17.2. The van der Waals surface area contributed by atoms with Crippen molar-refractivity contribution in [2.75, 3.05) is 10.7 Å². The van der Waals surface area contributed by atoms with Crippen molar-refractivity contribution in [1.29, 1.82) is 0 Å². The molecule has 7 heteroatoms. The van der Waals surface area contributed by atoms with Crippen LogP contribution in [-0.2, 0) is 4.79 Å². The predicted molar refractivity (Wildman–Crippen MR) is 101 cm³/mol. The van der Waals surface area contributed by atoms with Gasteiger partial charge in [-0.2, -0.15) is 0 Å². The molecule has 1 aromatic heterocycles. The van der Waals surface area contributed by atoms with E-state index in [0.717, 1.165) is 17.1 Å². The van der Waals surface area contributed by atoms with Crippen molar-refractivity contribution >= 4 is 57.5 Å². The van der Waals surface area contributed by atoms with Gasteiger partial charge in [-0.15, -0.1) is 11.3 Å². The summed E-state index contributed by atoms with van der Waals surface area (Å²) in [5, 5.41) is 2.52. The van der Waals surface area contributed by atoms with Crippen LogP contribution in [0.3, 0.4) is 0 Å².